The Kier molecular flexibility index (Phi) is 8.99. The van der Waals surface area contributed by atoms with Crippen LogP contribution in [-0.2, 0) is 4.74 Å². The maximum absolute atomic E-state index is 11.1. The standard InChI is InChI=1S/C24H24.C15H20O3/c1-13-7-19-20(8-14(13)2)22-10-16(4)18(6)12-24(22)23-11-17(5)15(3)9-21(19)23;1-12(16)13-6-8-14(9-7-13)17-10-4-2-3-5-15-11-18-15/h7-12H,1-6H3;6-9,15H,2-5,10-11H2,1H3. The van der Waals surface area contributed by atoms with Crippen LogP contribution in [0.1, 0.15) is 76.3 Å². The lowest BCUT2D eigenvalue weighted by atomic mass is 9.88. The van der Waals surface area contributed by atoms with E-state index in [1.165, 1.54) is 85.0 Å². The number of fused-ring (bicyclic) bond motifs is 6. The van der Waals surface area contributed by atoms with E-state index in [1.54, 1.807) is 6.92 Å². The van der Waals surface area contributed by atoms with E-state index in [2.05, 4.69) is 77.9 Å². The van der Waals surface area contributed by atoms with Crippen molar-refractivity contribution in [2.45, 2.75) is 80.3 Å². The van der Waals surface area contributed by atoms with Gasteiger partial charge in [0.05, 0.1) is 19.3 Å². The van der Waals surface area contributed by atoms with Crippen LogP contribution in [-0.4, -0.2) is 25.1 Å². The summed E-state index contributed by atoms with van der Waals surface area (Å²) < 4.78 is 10.8. The Labute approximate surface area is 250 Å². The van der Waals surface area contributed by atoms with Crippen molar-refractivity contribution in [2.24, 2.45) is 0 Å². The molecule has 5 aromatic rings. The van der Waals surface area contributed by atoms with Crippen LogP contribution in [0.25, 0.3) is 32.3 Å². The second-order valence-corrected chi connectivity index (χ2v) is 12.2. The van der Waals surface area contributed by atoms with Crippen LogP contribution in [0.4, 0.5) is 0 Å². The first-order valence-electron chi connectivity index (χ1n) is 15.3. The predicted molar refractivity (Wildman–Crippen MR) is 178 cm³/mol. The Morgan fingerprint density at radius 3 is 1.36 bits per heavy atom. The average molecular weight is 561 g/mol. The molecule has 218 valence electrons. The number of unbranched alkanes of at least 4 members (excludes halogenated alkanes) is 2. The molecule has 3 nitrogen and oxygen atoms in total. The monoisotopic (exact) mass is 560 g/mol. The molecule has 1 unspecified atom stereocenters. The van der Waals surface area contributed by atoms with Crippen molar-refractivity contribution >= 4 is 38.1 Å². The van der Waals surface area contributed by atoms with E-state index < -0.39 is 0 Å². The molecular formula is C39H44O3. The molecule has 1 aliphatic heterocycles. The number of rotatable bonds is 8. The highest BCUT2D eigenvalue weighted by molar-refractivity contribution is 6.26. The molecule has 1 heterocycles. The van der Waals surface area contributed by atoms with Crippen molar-refractivity contribution in [3.05, 3.63) is 99.6 Å². The van der Waals surface area contributed by atoms with E-state index in [4.69, 9.17) is 9.47 Å². The average Bonchev–Trinajstić information content (AvgIpc) is 3.79. The number of Topliss-reactive ketones (excluding diaryl/α,β-unsaturated/α-hetero) is 1. The topological polar surface area (TPSA) is 38.8 Å². The van der Waals surface area contributed by atoms with E-state index in [0.717, 1.165) is 30.9 Å². The third kappa shape index (κ3) is 6.68. The molecule has 3 heteroatoms. The first-order valence-corrected chi connectivity index (χ1v) is 15.3. The summed E-state index contributed by atoms with van der Waals surface area (Å²) in [5.41, 5.74) is 8.92. The molecule has 0 N–H and O–H groups in total. The molecule has 5 aromatic carbocycles. The lowest BCUT2D eigenvalue weighted by molar-refractivity contribution is 0.101. The summed E-state index contributed by atoms with van der Waals surface area (Å²) in [5, 5.41) is 8.29. The number of epoxide rings is 1. The molecule has 0 aromatic heterocycles. The van der Waals surface area contributed by atoms with Crippen LogP contribution in [0.2, 0.25) is 0 Å². The third-order valence-electron chi connectivity index (χ3n) is 8.87. The van der Waals surface area contributed by atoms with Gasteiger partial charge in [0.25, 0.3) is 0 Å². The lowest BCUT2D eigenvalue weighted by Gasteiger charge is -2.16. The fraction of sp³-hybridized carbons (Fsp3) is 0.359. The van der Waals surface area contributed by atoms with Gasteiger partial charge in [0, 0.05) is 5.56 Å². The number of aryl methyl sites for hydroxylation is 6. The number of ether oxygens (including phenoxy) is 2. The van der Waals surface area contributed by atoms with Crippen LogP contribution in [0.15, 0.2) is 60.7 Å². The zero-order valence-corrected chi connectivity index (χ0v) is 26.3. The zero-order chi connectivity index (χ0) is 30.0. The van der Waals surface area contributed by atoms with Gasteiger partial charge in [0.15, 0.2) is 5.78 Å². The highest BCUT2D eigenvalue weighted by Gasteiger charge is 2.20. The van der Waals surface area contributed by atoms with Crippen LogP contribution in [0.5, 0.6) is 5.75 Å². The first-order chi connectivity index (χ1) is 20.1. The molecule has 0 bridgehead atoms. The number of benzene rings is 5. The number of carbonyl (C=O) groups is 1. The quantitative estimate of drug-likeness (QED) is 0.0820. The summed E-state index contributed by atoms with van der Waals surface area (Å²) >= 11 is 0. The van der Waals surface area contributed by atoms with Gasteiger partial charge in [0.2, 0.25) is 0 Å². The molecule has 6 rings (SSSR count). The molecule has 0 radical (unpaired) electrons. The van der Waals surface area contributed by atoms with Crippen molar-refractivity contribution in [1.29, 1.82) is 0 Å². The molecular weight excluding hydrogens is 516 g/mol. The van der Waals surface area contributed by atoms with Gasteiger partial charge < -0.3 is 9.47 Å². The predicted octanol–water partition coefficient (Wildman–Crippen LogP) is 10.2. The van der Waals surface area contributed by atoms with Crippen LogP contribution in [0.3, 0.4) is 0 Å². The van der Waals surface area contributed by atoms with E-state index in [-0.39, 0.29) is 5.78 Å². The van der Waals surface area contributed by atoms with E-state index in [1.807, 2.05) is 24.3 Å². The zero-order valence-electron chi connectivity index (χ0n) is 26.3. The molecule has 1 fully saturated rings. The fourth-order valence-corrected chi connectivity index (χ4v) is 5.65. The fourth-order valence-electron chi connectivity index (χ4n) is 5.65. The van der Waals surface area contributed by atoms with Gasteiger partial charge in [0.1, 0.15) is 5.75 Å². The first kappa shape index (κ1) is 29.8. The molecule has 0 saturated carbocycles. The Bertz CT molecular complexity index is 1490. The summed E-state index contributed by atoms with van der Waals surface area (Å²) in [7, 11) is 0. The highest BCUT2D eigenvalue weighted by atomic mass is 16.6. The molecule has 0 spiro atoms. The van der Waals surface area contributed by atoms with Gasteiger partial charge in [-0.25, -0.2) is 0 Å². The van der Waals surface area contributed by atoms with E-state index in [9.17, 15) is 4.79 Å². The van der Waals surface area contributed by atoms with Crippen molar-refractivity contribution in [3.63, 3.8) is 0 Å². The molecule has 42 heavy (non-hydrogen) atoms. The Hall–Kier alpha value is -3.69. The Morgan fingerprint density at radius 1 is 0.643 bits per heavy atom. The Morgan fingerprint density at radius 2 is 1.02 bits per heavy atom. The minimum atomic E-state index is 0.0869. The molecule has 1 atom stereocenters. The van der Waals surface area contributed by atoms with Gasteiger partial charge >= 0.3 is 0 Å². The molecule has 0 amide bonds. The van der Waals surface area contributed by atoms with Gasteiger partial charge in [-0.3, -0.25) is 4.79 Å². The van der Waals surface area contributed by atoms with Gasteiger partial charge in [-0.15, -0.1) is 0 Å². The molecule has 1 aliphatic rings. The summed E-state index contributed by atoms with van der Waals surface area (Å²) in [6.07, 6.45) is 5.21. The van der Waals surface area contributed by atoms with Crippen molar-refractivity contribution in [3.8, 4) is 5.75 Å². The number of carbonyl (C=O) groups excluding carboxylic acids is 1. The largest absolute Gasteiger partial charge is 0.494 e. The third-order valence-corrected chi connectivity index (χ3v) is 8.87. The Balaban J connectivity index is 0.000000176. The lowest BCUT2D eigenvalue weighted by Crippen LogP contribution is -1.98. The molecule has 1 saturated heterocycles. The second-order valence-electron chi connectivity index (χ2n) is 12.2. The molecule has 0 aliphatic carbocycles. The highest BCUT2D eigenvalue weighted by Crippen LogP contribution is 2.38. The maximum atomic E-state index is 11.1. The van der Waals surface area contributed by atoms with Crippen molar-refractivity contribution in [1.82, 2.24) is 0 Å². The smallest absolute Gasteiger partial charge is 0.159 e. The van der Waals surface area contributed by atoms with E-state index in [0.29, 0.717) is 6.10 Å². The maximum Gasteiger partial charge on any atom is 0.159 e. The van der Waals surface area contributed by atoms with Gasteiger partial charge in [-0.05, 0) is 158 Å². The van der Waals surface area contributed by atoms with Gasteiger partial charge in [-0.2, -0.15) is 0 Å². The van der Waals surface area contributed by atoms with Gasteiger partial charge in [-0.1, -0.05) is 42.8 Å². The number of hydrogen-bond acceptors (Lipinski definition) is 3. The van der Waals surface area contributed by atoms with Crippen molar-refractivity contribution in [2.75, 3.05) is 13.2 Å². The minimum Gasteiger partial charge on any atom is -0.494 e. The SMILES string of the molecule is CC(=O)c1ccc(OCCCCCC2CO2)cc1.Cc1cc2c3cc(C)c(C)cc3c3cc(C)c(C)cc3c2cc1C. The normalized spacial score (nSPS) is 14.2. The number of hydrogen-bond donors (Lipinski definition) is 0. The minimum absolute atomic E-state index is 0.0869. The van der Waals surface area contributed by atoms with E-state index >= 15 is 0 Å². The van der Waals surface area contributed by atoms with Crippen LogP contribution >= 0.6 is 0 Å². The summed E-state index contributed by atoms with van der Waals surface area (Å²) in [6.45, 7) is 16.6. The summed E-state index contributed by atoms with van der Waals surface area (Å²) in [5.74, 6) is 0.925. The van der Waals surface area contributed by atoms with Crippen LogP contribution in [0, 0.1) is 41.5 Å². The van der Waals surface area contributed by atoms with Crippen molar-refractivity contribution < 1.29 is 14.3 Å². The summed E-state index contributed by atoms with van der Waals surface area (Å²) in [4.78, 5) is 11.1. The number of ketones is 1. The summed E-state index contributed by atoms with van der Waals surface area (Å²) in [6, 6.07) is 21.6. The second kappa shape index (κ2) is 12.7. The van der Waals surface area contributed by atoms with Crippen LogP contribution < -0.4 is 4.74 Å².